The Morgan fingerprint density at radius 3 is 2.88 bits per heavy atom. The van der Waals surface area contributed by atoms with E-state index in [1.54, 1.807) is 30.1 Å². The summed E-state index contributed by atoms with van der Waals surface area (Å²) >= 11 is 3.13. The van der Waals surface area contributed by atoms with Gasteiger partial charge in [0.15, 0.2) is 11.0 Å². The molecule has 1 fully saturated rings. The largest absolute Gasteiger partial charge is 0.465 e. The number of ether oxygens (including phenoxy) is 2. The van der Waals surface area contributed by atoms with Crippen LogP contribution in [0.25, 0.3) is 20.9 Å². The van der Waals surface area contributed by atoms with Gasteiger partial charge in [0.25, 0.3) is 0 Å². The molecule has 1 atom stereocenters. The van der Waals surface area contributed by atoms with E-state index < -0.39 is 0 Å². The Morgan fingerprint density at radius 1 is 1.30 bits per heavy atom. The second-order valence-corrected chi connectivity index (χ2v) is 9.67. The van der Waals surface area contributed by atoms with E-state index in [1.165, 1.54) is 18.4 Å². The lowest BCUT2D eigenvalue weighted by molar-refractivity contribution is 0.0600. The number of aromatic nitrogens is 4. The molecule has 0 saturated carbocycles. The molecule has 1 aromatic carbocycles. The third kappa shape index (κ3) is 4.46. The zero-order valence-electron chi connectivity index (χ0n) is 18.1. The Balaban J connectivity index is 1.44. The van der Waals surface area contributed by atoms with Gasteiger partial charge in [-0.05, 0) is 42.7 Å². The Bertz CT molecular complexity index is 1280. The average Bonchev–Trinajstić information content (AvgIpc) is 3.58. The third-order valence-corrected chi connectivity index (χ3v) is 7.74. The van der Waals surface area contributed by atoms with E-state index in [9.17, 15) is 4.79 Å². The van der Waals surface area contributed by atoms with Gasteiger partial charge in [-0.15, -0.1) is 21.5 Å². The van der Waals surface area contributed by atoms with Crippen LogP contribution in [-0.2, 0) is 21.8 Å². The van der Waals surface area contributed by atoms with Gasteiger partial charge in [-0.3, -0.25) is 4.57 Å². The highest BCUT2D eigenvalue weighted by atomic mass is 32.2. The van der Waals surface area contributed by atoms with Crippen LogP contribution in [0.4, 0.5) is 5.69 Å². The number of thiophene rings is 1. The van der Waals surface area contributed by atoms with Crippen molar-refractivity contribution in [2.24, 2.45) is 0 Å². The van der Waals surface area contributed by atoms with Crippen LogP contribution in [0.1, 0.15) is 28.8 Å². The highest BCUT2D eigenvalue weighted by molar-refractivity contribution is 7.98. The van der Waals surface area contributed by atoms with E-state index in [1.807, 2.05) is 24.3 Å². The van der Waals surface area contributed by atoms with Crippen LogP contribution in [0.2, 0.25) is 0 Å². The summed E-state index contributed by atoms with van der Waals surface area (Å²) in [5.41, 5.74) is 8.77. The zero-order chi connectivity index (χ0) is 22.8. The van der Waals surface area contributed by atoms with Crippen LogP contribution in [0.5, 0.6) is 0 Å². The van der Waals surface area contributed by atoms with Crippen molar-refractivity contribution in [3.8, 4) is 10.7 Å². The zero-order valence-corrected chi connectivity index (χ0v) is 19.7. The number of benzene rings is 1. The molecule has 4 heterocycles. The number of nitrogens with zero attached hydrogens (tertiary/aromatic N) is 4. The van der Waals surface area contributed by atoms with Gasteiger partial charge < -0.3 is 15.2 Å². The second kappa shape index (κ2) is 9.50. The van der Waals surface area contributed by atoms with E-state index in [-0.39, 0.29) is 12.1 Å². The lowest BCUT2D eigenvalue weighted by atomic mass is 10.1. The molecule has 4 aromatic rings. The van der Waals surface area contributed by atoms with Gasteiger partial charge in [-0.2, -0.15) is 0 Å². The van der Waals surface area contributed by atoms with Crippen LogP contribution in [-0.4, -0.2) is 45.5 Å². The predicted molar refractivity (Wildman–Crippen MR) is 129 cm³/mol. The molecule has 8 nitrogen and oxygen atoms in total. The molecular formula is C23H23N5O3S2. The van der Waals surface area contributed by atoms with Crippen LogP contribution >= 0.6 is 23.1 Å². The lowest BCUT2D eigenvalue weighted by Gasteiger charge is -2.14. The number of hydrogen-bond donors (Lipinski definition) is 1. The van der Waals surface area contributed by atoms with Crippen LogP contribution in [0.3, 0.4) is 0 Å². The van der Waals surface area contributed by atoms with Crippen molar-refractivity contribution in [3.05, 3.63) is 53.7 Å². The topological polar surface area (TPSA) is 105 Å². The highest BCUT2D eigenvalue weighted by Gasteiger charge is 2.24. The Kier molecular flexibility index (Phi) is 6.30. The minimum Gasteiger partial charge on any atom is -0.465 e. The van der Waals surface area contributed by atoms with Crippen molar-refractivity contribution >= 4 is 45.0 Å². The number of thioether (sulfide) groups is 1. The molecule has 0 bridgehead atoms. The van der Waals surface area contributed by atoms with E-state index >= 15 is 0 Å². The van der Waals surface area contributed by atoms with Gasteiger partial charge in [-0.1, -0.05) is 23.9 Å². The van der Waals surface area contributed by atoms with Gasteiger partial charge in [-0.25, -0.2) is 9.78 Å². The first kappa shape index (κ1) is 21.9. The summed E-state index contributed by atoms with van der Waals surface area (Å²) in [7, 11) is 1.38. The highest BCUT2D eigenvalue weighted by Crippen LogP contribution is 2.40. The molecular weight excluding hydrogens is 458 g/mol. The maximum absolute atomic E-state index is 11.7. The number of fused-ring (bicyclic) bond motifs is 1. The summed E-state index contributed by atoms with van der Waals surface area (Å²) in [6.45, 7) is 1.46. The molecule has 0 unspecified atom stereocenters. The van der Waals surface area contributed by atoms with Crippen molar-refractivity contribution in [3.63, 3.8) is 0 Å². The van der Waals surface area contributed by atoms with E-state index in [0.717, 1.165) is 51.1 Å². The summed E-state index contributed by atoms with van der Waals surface area (Å²) in [6.07, 6.45) is 3.98. The number of pyridine rings is 1. The first-order valence-corrected chi connectivity index (χ1v) is 12.4. The van der Waals surface area contributed by atoms with E-state index in [0.29, 0.717) is 23.5 Å². The second-order valence-electron chi connectivity index (χ2n) is 7.73. The number of anilines is 1. The number of nitrogens with two attached hydrogens (primary N) is 1. The molecule has 170 valence electrons. The maximum Gasteiger partial charge on any atom is 0.337 e. The molecule has 0 spiro atoms. The molecule has 1 aliphatic heterocycles. The summed E-state index contributed by atoms with van der Waals surface area (Å²) in [6, 6.07) is 11.3. The van der Waals surface area contributed by atoms with E-state index in [4.69, 9.17) is 15.2 Å². The Labute approximate surface area is 199 Å². The third-order valence-electron chi connectivity index (χ3n) is 5.58. The molecule has 0 amide bonds. The molecule has 0 aliphatic carbocycles. The first-order valence-electron chi connectivity index (χ1n) is 10.6. The number of hydrogen-bond acceptors (Lipinski definition) is 9. The summed E-state index contributed by atoms with van der Waals surface area (Å²) in [4.78, 5) is 17.9. The number of carbonyl (C=O) groups excluding carboxylic acids is 1. The van der Waals surface area contributed by atoms with Gasteiger partial charge in [0.05, 0.1) is 35.9 Å². The van der Waals surface area contributed by atoms with Crippen LogP contribution in [0, 0.1) is 0 Å². The molecule has 1 saturated heterocycles. The number of esters is 1. The summed E-state index contributed by atoms with van der Waals surface area (Å²) in [5.74, 6) is 1.09. The lowest BCUT2D eigenvalue weighted by Crippen LogP contribution is -2.16. The molecule has 1 aliphatic rings. The van der Waals surface area contributed by atoms with E-state index in [2.05, 4.69) is 19.7 Å². The molecule has 0 radical (unpaired) electrons. The molecule has 5 rings (SSSR count). The predicted octanol–water partition coefficient (Wildman–Crippen LogP) is 4.39. The molecule has 33 heavy (non-hydrogen) atoms. The van der Waals surface area contributed by atoms with Crippen molar-refractivity contribution < 1.29 is 14.3 Å². The van der Waals surface area contributed by atoms with Crippen molar-refractivity contribution in [1.29, 1.82) is 0 Å². The maximum atomic E-state index is 11.7. The normalized spacial score (nSPS) is 15.8. The Morgan fingerprint density at radius 2 is 2.15 bits per heavy atom. The standard InChI is InChI=1S/C23H23N5O3S2/c1-30-22(29)15-8-6-14(7-9-15)13-32-23-27-26-20(28(23)12-16-4-3-11-31-16)19-18(24)17-5-2-10-25-21(17)33-19/h2,5-10,16H,3-4,11-13,24H2,1H3/t16-/m1/s1. The van der Waals surface area contributed by atoms with Crippen molar-refractivity contribution in [2.75, 3.05) is 19.5 Å². The van der Waals surface area contributed by atoms with Crippen LogP contribution < -0.4 is 5.73 Å². The Hall–Kier alpha value is -2.95. The fourth-order valence-electron chi connectivity index (χ4n) is 3.84. The van der Waals surface area contributed by atoms with Crippen molar-refractivity contribution in [2.45, 2.75) is 36.4 Å². The SMILES string of the molecule is COC(=O)c1ccc(CSc2nnc(-c3sc4ncccc4c3N)n2C[C@H]2CCCO2)cc1. The van der Waals surface area contributed by atoms with Gasteiger partial charge in [0, 0.05) is 23.9 Å². The number of methoxy groups -OCH3 is 1. The first-order chi connectivity index (χ1) is 16.1. The molecule has 10 heteroatoms. The monoisotopic (exact) mass is 481 g/mol. The summed E-state index contributed by atoms with van der Waals surface area (Å²) < 4.78 is 12.8. The smallest absolute Gasteiger partial charge is 0.337 e. The number of carbonyl (C=O) groups is 1. The van der Waals surface area contributed by atoms with Gasteiger partial charge >= 0.3 is 5.97 Å². The number of rotatable bonds is 7. The summed E-state index contributed by atoms with van der Waals surface area (Å²) in [5, 5.41) is 10.8. The minimum absolute atomic E-state index is 0.132. The molecule has 3 aromatic heterocycles. The van der Waals surface area contributed by atoms with Gasteiger partial charge in [0.2, 0.25) is 0 Å². The number of nitrogen functional groups attached to an aromatic ring is 1. The molecule has 2 N–H and O–H groups in total. The fourth-order valence-corrected chi connectivity index (χ4v) is 5.80. The fraction of sp³-hybridized carbons (Fsp3) is 0.304. The minimum atomic E-state index is -0.342. The van der Waals surface area contributed by atoms with Crippen molar-refractivity contribution in [1.82, 2.24) is 19.7 Å². The van der Waals surface area contributed by atoms with Crippen LogP contribution in [0.15, 0.2) is 47.8 Å². The van der Waals surface area contributed by atoms with Gasteiger partial charge in [0.1, 0.15) is 4.83 Å². The average molecular weight is 482 g/mol. The quantitative estimate of drug-likeness (QED) is 0.306.